The van der Waals surface area contributed by atoms with Gasteiger partial charge in [-0.1, -0.05) is 0 Å². The van der Waals surface area contributed by atoms with Crippen molar-refractivity contribution in [2.45, 2.75) is 83.2 Å². The Morgan fingerprint density at radius 3 is 1.50 bits per heavy atom. The smallest absolute Gasteiger partial charge is 0.151 e. The molecule has 9 fully saturated rings. The van der Waals surface area contributed by atoms with Gasteiger partial charge in [0.15, 0.2) is 5.82 Å². The van der Waals surface area contributed by atoms with Gasteiger partial charge in [-0.3, -0.25) is 15.0 Å². The maximum absolute atomic E-state index is 6.09. The predicted octanol–water partition coefficient (Wildman–Crippen LogP) is 5.21. The molecule has 1 aliphatic carbocycles. The molecule has 68 heavy (non-hydrogen) atoms. The first-order valence-electron chi connectivity index (χ1n) is 25.9. The van der Waals surface area contributed by atoms with Gasteiger partial charge in [0.05, 0.1) is 55.6 Å². The molecule has 4 aromatic heterocycles. The Kier molecular flexibility index (Phi) is 14.7. The Balaban J connectivity index is 0.000000107. The molecule has 9 aliphatic rings. The van der Waals surface area contributed by atoms with Crippen molar-refractivity contribution in [3.8, 4) is 11.5 Å². The van der Waals surface area contributed by atoms with Gasteiger partial charge in [0.1, 0.15) is 17.3 Å². The highest BCUT2D eigenvalue weighted by atomic mass is 16.5. The van der Waals surface area contributed by atoms with Crippen molar-refractivity contribution in [3.63, 3.8) is 0 Å². The van der Waals surface area contributed by atoms with Gasteiger partial charge >= 0.3 is 0 Å². The third-order valence-electron chi connectivity index (χ3n) is 16.8. The van der Waals surface area contributed by atoms with Crippen LogP contribution in [0, 0.1) is 21.7 Å². The number of rotatable bonds is 7. The summed E-state index contributed by atoms with van der Waals surface area (Å²) in [5.74, 6) is 3.85. The summed E-state index contributed by atoms with van der Waals surface area (Å²) in [4.78, 5) is 26.8. The monoisotopic (exact) mass is 929 g/mol. The van der Waals surface area contributed by atoms with E-state index >= 15 is 0 Å². The Morgan fingerprint density at radius 2 is 1.03 bits per heavy atom. The molecular weight excluding hydrogens is 853 g/mol. The van der Waals surface area contributed by atoms with E-state index in [4.69, 9.17) is 9.47 Å². The lowest BCUT2D eigenvalue weighted by Crippen LogP contribution is -2.29. The Labute approximate surface area is 404 Å². The quantitative estimate of drug-likeness (QED) is 0.192. The zero-order valence-corrected chi connectivity index (χ0v) is 40.6. The summed E-state index contributed by atoms with van der Waals surface area (Å²) in [5.41, 5.74) is 4.45. The van der Waals surface area contributed by atoms with Gasteiger partial charge in [-0.15, -0.1) is 5.10 Å². The lowest BCUT2D eigenvalue weighted by molar-refractivity contribution is 0.209. The van der Waals surface area contributed by atoms with Gasteiger partial charge in [-0.25, -0.2) is 4.98 Å². The molecule has 4 atom stereocenters. The number of hydrogen-bond acceptors (Lipinski definition) is 16. The van der Waals surface area contributed by atoms with Crippen LogP contribution in [0.4, 0.5) is 23.0 Å². The van der Waals surface area contributed by atoms with E-state index in [1.54, 1.807) is 31.9 Å². The topological polar surface area (TPSA) is 157 Å². The molecule has 0 radical (unpaired) electrons. The molecule has 8 aliphatic heterocycles. The number of aromatic nitrogens is 6. The predicted molar refractivity (Wildman–Crippen MR) is 269 cm³/mol. The van der Waals surface area contributed by atoms with Crippen LogP contribution in [0.15, 0.2) is 73.8 Å². The van der Waals surface area contributed by atoms with E-state index in [9.17, 15) is 0 Å². The summed E-state index contributed by atoms with van der Waals surface area (Å²) in [6.45, 7) is 18.5. The maximum atomic E-state index is 6.09. The molecule has 0 bridgehead atoms. The summed E-state index contributed by atoms with van der Waals surface area (Å²) in [6, 6.07) is 8.27. The lowest BCUT2D eigenvalue weighted by atomic mass is 9.86. The maximum Gasteiger partial charge on any atom is 0.151 e. The van der Waals surface area contributed by atoms with Crippen LogP contribution in [-0.4, -0.2) is 148 Å². The van der Waals surface area contributed by atoms with Gasteiger partial charge < -0.3 is 50.3 Å². The highest BCUT2D eigenvalue weighted by Crippen LogP contribution is 2.41. The number of ether oxygens (including phenoxy) is 2. The van der Waals surface area contributed by atoms with Crippen molar-refractivity contribution in [2.24, 2.45) is 21.7 Å². The third kappa shape index (κ3) is 11.2. The number of hydrogen-bond donors (Lipinski definition) is 4. The number of pyridine rings is 2. The van der Waals surface area contributed by atoms with Gasteiger partial charge in [-0.2, -0.15) is 5.10 Å². The average Bonchev–Trinajstić information content (AvgIpc) is 4.24. The molecule has 366 valence electrons. The second-order valence-electron chi connectivity index (χ2n) is 21.5. The Bertz CT molecular complexity index is 2100. The molecular formula is C52H76N14O2. The second-order valence-corrected chi connectivity index (χ2v) is 21.5. The summed E-state index contributed by atoms with van der Waals surface area (Å²) in [5, 5.41) is 22.0. The van der Waals surface area contributed by atoms with Crippen LogP contribution in [0.3, 0.4) is 0 Å². The molecule has 4 N–H and O–H groups in total. The van der Waals surface area contributed by atoms with Crippen molar-refractivity contribution in [3.05, 3.63) is 73.8 Å². The van der Waals surface area contributed by atoms with E-state index in [-0.39, 0.29) is 0 Å². The zero-order valence-electron chi connectivity index (χ0n) is 40.6. The van der Waals surface area contributed by atoms with E-state index in [1.807, 2.05) is 30.9 Å². The van der Waals surface area contributed by atoms with Gasteiger partial charge in [0, 0.05) is 131 Å². The molecule has 4 unspecified atom stereocenters. The van der Waals surface area contributed by atoms with Gasteiger partial charge in [0.2, 0.25) is 0 Å². The summed E-state index contributed by atoms with van der Waals surface area (Å²) >= 11 is 0. The van der Waals surface area contributed by atoms with Crippen molar-refractivity contribution < 1.29 is 9.47 Å². The van der Waals surface area contributed by atoms with Crippen molar-refractivity contribution in [2.75, 3.05) is 131 Å². The molecule has 0 aromatic carbocycles. The minimum atomic E-state index is 0.408. The molecule has 0 amide bonds. The van der Waals surface area contributed by atoms with Crippen LogP contribution >= 0.6 is 0 Å². The first kappa shape index (κ1) is 46.8. The fraction of sp³-hybridized carbons (Fsp3) is 0.654. The first-order chi connectivity index (χ1) is 33.4. The Hall–Kier alpha value is -4.90. The van der Waals surface area contributed by atoms with E-state index in [2.05, 4.69) is 89.2 Å². The largest absolute Gasteiger partial charge is 0.495 e. The Morgan fingerprint density at radius 1 is 0.529 bits per heavy atom. The minimum absolute atomic E-state index is 0.408. The van der Waals surface area contributed by atoms with Crippen molar-refractivity contribution in [1.82, 2.24) is 51.4 Å². The van der Waals surface area contributed by atoms with Crippen LogP contribution in [-0.2, 0) is 0 Å². The normalized spacial score (nSPS) is 29.5. The molecule has 13 rings (SSSR count). The lowest BCUT2D eigenvalue weighted by Gasteiger charge is -2.24. The van der Waals surface area contributed by atoms with E-state index in [0.29, 0.717) is 27.8 Å². The number of anilines is 4. The molecule has 1 saturated carbocycles. The zero-order chi connectivity index (χ0) is 46.1. The highest BCUT2D eigenvalue weighted by molar-refractivity contribution is 5.51. The third-order valence-corrected chi connectivity index (χ3v) is 16.8. The fourth-order valence-corrected chi connectivity index (χ4v) is 12.6. The second kappa shape index (κ2) is 21.4. The number of methoxy groups -OCH3 is 1. The van der Waals surface area contributed by atoms with Crippen molar-refractivity contribution >= 4 is 23.0 Å². The molecule has 4 spiro atoms. The molecule has 12 heterocycles. The van der Waals surface area contributed by atoms with Crippen LogP contribution in [0.1, 0.15) is 77.0 Å². The first-order valence-corrected chi connectivity index (χ1v) is 25.9. The van der Waals surface area contributed by atoms with Gasteiger partial charge in [-0.05, 0) is 115 Å². The van der Waals surface area contributed by atoms with Crippen LogP contribution < -0.4 is 50.3 Å². The molecule has 4 aromatic rings. The molecule has 16 heteroatoms. The number of nitrogens with zero attached hydrogens (tertiary/aromatic N) is 10. The standard InChI is InChI=1S/C17H25N3O.C13H19N3O.2C11H16N4/c1-2-4-15(3-1)21-16-9-14(10-19-11-16)20-8-6-17(13-20)5-7-18-12-17;1-17-12-6-11(7-15-8-12)16-5-3-13(10-16)2-4-14-9-13;1-3-13-8-11(1)2-6-15(9-11)10-7-12-4-5-14-10;1-2-10(14-13-5-1)15-7-4-11(9-15)3-6-12-8-11/h9-11,15,18H,1-8,12-13H2;6-8,14H,2-5,9-10H2,1H3;4-5,7,13H,1-3,6,8-9H2;1-2,5,12H,3-4,6-9H2. The number of nitrogens with one attached hydrogen (secondary N) is 4. The minimum Gasteiger partial charge on any atom is -0.495 e. The highest BCUT2D eigenvalue weighted by Gasteiger charge is 2.43. The average molecular weight is 929 g/mol. The fourth-order valence-electron chi connectivity index (χ4n) is 12.6. The van der Waals surface area contributed by atoms with Crippen LogP contribution in [0.2, 0.25) is 0 Å². The summed E-state index contributed by atoms with van der Waals surface area (Å²) in [7, 11) is 1.69. The van der Waals surface area contributed by atoms with E-state index in [0.717, 1.165) is 75.5 Å². The summed E-state index contributed by atoms with van der Waals surface area (Å²) < 4.78 is 11.3. The molecule has 16 nitrogen and oxygen atoms in total. The van der Waals surface area contributed by atoms with Gasteiger partial charge in [0.25, 0.3) is 0 Å². The SMILES string of the molecule is COc1cncc(N2CCC3(CCNC3)C2)c1.c1cnc(N2CCC3(CCNC3)C2)cn1.c1cnnc(N2CCC3(CCNC3)C2)c1.c1ncc(N2CCC3(CCNC3)C2)cc1OC1CCCC1. The van der Waals surface area contributed by atoms with Crippen LogP contribution in [0.25, 0.3) is 0 Å². The summed E-state index contributed by atoms with van der Waals surface area (Å²) in [6.07, 6.45) is 30.5. The van der Waals surface area contributed by atoms with Crippen molar-refractivity contribution in [1.29, 1.82) is 0 Å². The van der Waals surface area contributed by atoms with E-state index in [1.165, 1.54) is 141 Å². The van der Waals surface area contributed by atoms with E-state index < -0.39 is 0 Å². The van der Waals surface area contributed by atoms with Crippen LogP contribution in [0.5, 0.6) is 11.5 Å². The molecule has 8 saturated heterocycles.